The molecule has 2 aliphatic carbocycles. The second-order valence-electron chi connectivity index (χ2n) is 7.49. The molecule has 1 aromatic heterocycles. The summed E-state index contributed by atoms with van der Waals surface area (Å²) in [5.41, 5.74) is 1.82. The molecule has 0 aromatic carbocycles. The lowest BCUT2D eigenvalue weighted by Crippen LogP contribution is -2.47. The van der Waals surface area contributed by atoms with E-state index in [9.17, 15) is 4.79 Å². The molecule has 2 heterocycles. The van der Waals surface area contributed by atoms with E-state index in [0.29, 0.717) is 30.3 Å². The van der Waals surface area contributed by atoms with E-state index in [1.165, 1.54) is 6.42 Å². The zero-order valence-corrected chi connectivity index (χ0v) is 14.4. The van der Waals surface area contributed by atoms with E-state index in [1.54, 1.807) is 0 Å². The number of ether oxygens (including phenoxy) is 1. The van der Waals surface area contributed by atoms with Gasteiger partial charge in [-0.05, 0) is 57.4 Å². The third-order valence-corrected chi connectivity index (χ3v) is 5.52. The van der Waals surface area contributed by atoms with Crippen LogP contribution in [0.15, 0.2) is 18.2 Å². The van der Waals surface area contributed by atoms with E-state index in [4.69, 9.17) is 4.74 Å². The SMILES string of the molecule is Cc1cc(C)nc(OC2CCCN(C(=O)C3CC4C=CC3C4)C2)n1. The van der Waals surface area contributed by atoms with E-state index in [-0.39, 0.29) is 12.0 Å². The standard InChI is InChI=1S/C19H25N3O2/c1-12-8-13(2)21-19(20-12)24-16-4-3-7-22(11-16)18(23)17-10-14-5-6-15(17)9-14/h5-6,8,14-17H,3-4,7,9-11H2,1-2H3. The predicted octanol–water partition coefficient (Wildman–Crippen LogP) is 2.68. The molecule has 0 spiro atoms. The molecular weight excluding hydrogens is 302 g/mol. The highest BCUT2D eigenvalue weighted by Gasteiger charge is 2.42. The Morgan fingerprint density at radius 2 is 2.00 bits per heavy atom. The molecule has 3 aliphatic rings. The molecular formula is C19H25N3O2. The number of allylic oxidation sites excluding steroid dienone is 2. The fourth-order valence-electron chi connectivity index (χ4n) is 4.43. The van der Waals surface area contributed by atoms with E-state index >= 15 is 0 Å². The quantitative estimate of drug-likeness (QED) is 0.801. The number of aromatic nitrogens is 2. The van der Waals surface area contributed by atoms with Crippen molar-refractivity contribution in [3.63, 3.8) is 0 Å². The smallest absolute Gasteiger partial charge is 0.317 e. The Morgan fingerprint density at radius 1 is 1.21 bits per heavy atom. The zero-order chi connectivity index (χ0) is 16.7. The molecule has 5 heteroatoms. The number of carbonyl (C=O) groups excluding carboxylic acids is 1. The van der Waals surface area contributed by atoms with Crippen LogP contribution in [0.25, 0.3) is 0 Å². The minimum atomic E-state index is -0.00182. The van der Waals surface area contributed by atoms with Crippen LogP contribution in [0.5, 0.6) is 6.01 Å². The Hall–Kier alpha value is -1.91. The van der Waals surface area contributed by atoms with Gasteiger partial charge in [-0.3, -0.25) is 4.79 Å². The minimum Gasteiger partial charge on any atom is -0.458 e. The fraction of sp³-hybridized carbons (Fsp3) is 0.632. The first-order chi connectivity index (χ1) is 11.6. The second-order valence-corrected chi connectivity index (χ2v) is 7.49. The second kappa shape index (κ2) is 6.19. The van der Waals surface area contributed by atoms with Gasteiger partial charge in [0.1, 0.15) is 6.10 Å². The van der Waals surface area contributed by atoms with Crippen LogP contribution >= 0.6 is 0 Å². The summed E-state index contributed by atoms with van der Waals surface area (Å²) >= 11 is 0. The molecule has 1 aliphatic heterocycles. The van der Waals surface area contributed by atoms with E-state index in [0.717, 1.165) is 37.2 Å². The lowest BCUT2D eigenvalue weighted by molar-refractivity contribution is -0.139. The number of aryl methyl sites for hydroxylation is 2. The third kappa shape index (κ3) is 3.04. The number of fused-ring (bicyclic) bond motifs is 2. The lowest BCUT2D eigenvalue weighted by atomic mass is 9.91. The van der Waals surface area contributed by atoms with Crippen molar-refractivity contribution in [1.29, 1.82) is 0 Å². The molecule has 2 fully saturated rings. The number of carbonyl (C=O) groups is 1. The van der Waals surface area contributed by atoms with Gasteiger partial charge in [-0.25, -0.2) is 9.97 Å². The van der Waals surface area contributed by atoms with Crippen LogP contribution in [0.4, 0.5) is 0 Å². The number of rotatable bonds is 3. The Labute approximate surface area is 143 Å². The van der Waals surface area contributed by atoms with Crippen LogP contribution in [0.1, 0.15) is 37.1 Å². The Kier molecular flexibility index (Phi) is 4.02. The highest BCUT2D eigenvalue weighted by Crippen LogP contribution is 2.44. The van der Waals surface area contributed by atoms with Crippen molar-refractivity contribution in [2.75, 3.05) is 13.1 Å². The summed E-state index contributed by atoms with van der Waals surface area (Å²) in [7, 11) is 0. The summed E-state index contributed by atoms with van der Waals surface area (Å²) in [4.78, 5) is 23.6. The van der Waals surface area contributed by atoms with Crippen LogP contribution in [-0.2, 0) is 4.79 Å². The van der Waals surface area contributed by atoms with Gasteiger partial charge in [0, 0.05) is 23.9 Å². The minimum absolute atomic E-state index is 0.00182. The number of amides is 1. The molecule has 4 rings (SSSR count). The number of piperidine rings is 1. The van der Waals surface area contributed by atoms with Crippen molar-refractivity contribution in [2.24, 2.45) is 17.8 Å². The number of hydrogen-bond donors (Lipinski definition) is 0. The molecule has 1 amide bonds. The topological polar surface area (TPSA) is 55.3 Å². The molecule has 4 unspecified atom stereocenters. The van der Waals surface area contributed by atoms with Gasteiger partial charge in [-0.1, -0.05) is 12.2 Å². The van der Waals surface area contributed by atoms with E-state index in [2.05, 4.69) is 22.1 Å². The monoisotopic (exact) mass is 327 g/mol. The lowest BCUT2D eigenvalue weighted by Gasteiger charge is -2.35. The van der Waals surface area contributed by atoms with E-state index in [1.807, 2.05) is 24.8 Å². The summed E-state index contributed by atoms with van der Waals surface area (Å²) in [6.07, 6.45) is 8.67. The van der Waals surface area contributed by atoms with Gasteiger partial charge in [-0.15, -0.1) is 0 Å². The van der Waals surface area contributed by atoms with E-state index < -0.39 is 0 Å². The molecule has 0 N–H and O–H groups in total. The predicted molar refractivity (Wildman–Crippen MR) is 90.6 cm³/mol. The molecule has 24 heavy (non-hydrogen) atoms. The molecule has 1 saturated heterocycles. The summed E-state index contributed by atoms with van der Waals surface area (Å²) in [5, 5.41) is 0. The first kappa shape index (κ1) is 15.6. The number of likely N-dealkylation sites (tertiary alicyclic amines) is 1. The van der Waals surface area contributed by atoms with Crippen molar-refractivity contribution in [3.05, 3.63) is 29.6 Å². The normalized spacial score (nSPS) is 31.5. The van der Waals surface area contributed by atoms with Crippen LogP contribution in [0, 0.1) is 31.6 Å². The Morgan fingerprint density at radius 3 is 2.67 bits per heavy atom. The average molecular weight is 327 g/mol. The van der Waals surface area contributed by atoms with Crippen LogP contribution in [-0.4, -0.2) is 40.0 Å². The molecule has 5 nitrogen and oxygen atoms in total. The van der Waals surface area contributed by atoms with Gasteiger partial charge >= 0.3 is 6.01 Å². The molecule has 128 valence electrons. The Balaban J connectivity index is 1.40. The fourth-order valence-corrected chi connectivity index (χ4v) is 4.43. The first-order valence-electron chi connectivity index (χ1n) is 9.04. The van der Waals surface area contributed by atoms with Crippen molar-refractivity contribution >= 4 is 5.91 Å². The van der Waals surface area contributed by atoms with Crippen LogP contribution < -0.4 is 4.74 Å². The van der Waals surface area contributed by atoms with Crippen molar-refractivity contribution in [2.45, 2.75) is 45.6 Å². The van der Waals surface area contributed by atoms with Gasteiger partial charge in [-0.2, -0.15) is 0 Å². The zero-order valence-electron chi connectivity index (χ0n) is 14.4. The largest absolute Gasteiger partial charge is 0.458 e. The maximum Gasteiger partial charge on any atom is 0.317 e. The summed E-state index contributed by atoms with van der Waals surface area (Å²) in [6.45, 7) is 5.40. The highest BCUT2D eigenvalue weighted by atomic mass is 16.5. The average Bonchev–Trinajstić information content (AvgIpc) is 3.16. The number of nitrogens with zero attached hydrogens (tertiary/aromatic N) is 3. The number of hydrogen-bond acceptors (Lipinski definition) is 4. The molecule has 1 aromatic rings. The molecule has 4 atom stereocenters. The van der Waals surface area contributed by atoms with Gasteiger partial charge in [0.05, 0.1) is 6.54 Å². The van der Waals surface area contributed by atoms with Gasteiger partial charge in [0.15, 0.2) is 0 Å². The van der Waals surface area contributed by atoms with Crippen LogP contribution in [0.3, 0.4) is 0 Å². The molecule has 1 saturated carbocycles. The highest BCUT2D eigenvalue weighted by molar-refractivity contribution is 5.80. The van der Waals surface area contributed by atoms with Crippen molar-refractivity contribution in [3.8, 4) is 6.01 Å². The Bertz CT molecular complexity index is 652. The van der Waals surface area contributed by atoms with Crippen LogP contribution in [0.2, 0.25) is 0 Å². The maximum absolute atomic E-state index is 12.9. The van der Waals surface area contributed by atoms with Gasteiger partial charge in [0.2, 0.25) is 5.91 Å². The summed E-state index contributed by atoms with van der Waals surface area (Å²) in [5.74, 6) is 1.61. The van der Waals surface area contributed by atoms with Gasteiger partial charge in [0.25, 0.3) is 0 Å². The van der Waals surface area contributed by atoms with Crippen molar-refractivity contribution in [1.82, 2.24) is 14.9 Å². The van der Waals surface area contributed by atoms with Gasteiger partial charge < -0.3 is 9.64 Å². The van der Waals surface area contributed by atoms with Crippen molar-refractivity contribution < 1.29 is 9.53 Å². The molecule has 0 radical (unpaired) electrons. The molecule has 2 bridgehead atoms. The maximum atomic E-state index is 12.9. The summed E-state index contributed by atoms with van der Waals surface area (Å²) < 4.78 is 5.99. The third-order valence-electron chi connectivity index (χ3n) is 5.52. The first-order valence-corrected chi connectivity index (χ1v) is 9.04. The summed E-state index contributed by atoms with van der Waals surface area (Å²) in [6, 6.07) is 2.38.